The molecule has 5 nitrogen and oxygen atoms in total. The fourth-order valence-corrected chi connectivity index (χ4v) is 1.79. The quantitative estimate of drug-likeness (QED) is 0.731. The molecule has 1 aromatic carbocycles. The third-order valence-corrected chi connectivity index (χ3v) is 3.05. The van der Waals surface area contributed by atoms with Crippen LogP contribution in [0.25, 0.3) is 0 Å². The van der Waals surface area contributed by atoms with Crippen LogP contribution in [-0.4, -0.2) is 46.5 Å². The second kappa shape index (κ2) is 5.32. The van der Waals surface area contributed by atoms with Gasteiger partial charge in [0.2, 0.25) is 6.29 Å². The van der Waals surface area contributed by atoms with Crippen molar-refractivity contribution in [3.8, 4) is 5.75 Å². The largest absolute Gasteiger partial charge is 0.462 e. The summed E-state index contributed by atoms with van der Waals surface area (Å²) in [4.78, 5) is 0. The second-order valence-corrected chi connectivity index (χ2v) is 4.74. The third-order valence-electron chi connectivity index (χ3n) is 2.52. The van der Waals surface area contributed by atoms with Crippen molar-refractivity contribution >= 4 is 15.9 Å². The normalized spacial score (nSPS) is 33.4. The van der Waals surface area contributed by atoms with E-state index in [1.807, 2.05) is 0 Å². The predicted molar refractivity (Wildman–Crippen MR) is 62.5 cm³/mol. The Morgan fingerprint density at radius 3 is 2.41 bits per heavy atom. The minimum absolute atomic E-state index is 0.0700. The molecule has 1 fully saturated rings. The van der Waals surface area contributed by atoms with E-state index in [1.54, 1.807) is 24.3 Å². The third kappa shape index (κ3) is 2.97. The van der Waals surface area contributed by atoms with Crippen LogP contribution in [0.5, 0.6) is 5.75 Å². The van der Waals surface area contributed by atoms with Crippen LogP contribution in [0.2, 0.25) is 0 Å². The summed E-state index contributed by atoms with van der Waals surface area (Å²) in [5.41, 5.74) is 0. The molecule has 4 atom stereocenters. The molecule has 0 spiro atoms. The summed E-state index contributed by atoms with van der Waals surface area (Å²) < 4.78 is 11.4. The average Bonchev–Trinajstić information content (AvgIpc) is 2.33. The average molecular weight is 305 g/mol. The lowest BCUT2D eigenvalue weighted by atomic mass is 10.1. The first-order chi connectivity index (χ1) is 8.08. The predicted octanol–water partition coefficient (Wildman–Crippen LogP) is 0.267. The van der Waals surface area contributed by atoms with Crippen molar-refractivity contribution in [2.45, 2.75) is 24.6 Å². The zero-order valence-electron chi connectivity index (χ0n) is 8.86. The van der Waals surface area contributed by atoms with Gasteiger partial charge in [0.25, 0.3) is 0 Å². The minimum Gasteiger partial charge on any atom is -0.462 e. The molecule has 1 heterocycles. The van der Waals surface area contributed by atoms with Crippen molar-refractivity contribution < 1.29 is 24.8 Å². The van der Waals surface area contributed by atoms with Crippen LogP contribution in [0.15, 0.2) is 28.7 Å². The number of benzene rings is 1. The molecule has 1 aliphatic rings. The summed E-state index contributed by atoms with van der Waals surface area (Å²) in [5, 5.41) is 28.4. The lowest BCUT2D eigenvalue weighted by Gasteiger charge is -2.34. The highest BCUT2D eigenvalue weighted by molar-refractivity contribution is 9.10. The molecule has 0 bridgehead atoms. The summed E-state index contributed by atoms with van der Waals surface area (Å²) in [7, 11) is 0. The molecule has 1 aromatic rings. The van der Waals surface area contributed by atoms with E-state index in [-0.39, 0.29) is 6.61 Å². The van der Waals surface area contributed by atoms with Crippen molar-refractivity contribution in [3.05, 3.63) is 28.7 Å². The Morgan fingerprint density at radius 2 is 1.76 bits per heavy atom. The Morgan fingerprint density at radius 1 is 1.12 bits per heavy atom. The fourth-order valence-electron chi connectivity index (χ4n) is 1.53. The number of hydrogen-bond acceptors (Lipinski definition) is 5. The van der Waals surface area contributed by atoms with Gasteiger partial charge in [0.15, 0.2) is 0 Å². The fraction of sp³-hybridized carbons (Fsp3) is 0.455. The van der Waals surface area contributed by atoms with E-state index in [4.69, 9.17) is 9.47 Å². The van der Waals surface area contributed by atoms with Gasteiger partial charge in [-0.25, -0.2) is 0 Å². The number of aliphatic hydroxyl groups excluding tert-OH is 3. The van der Waals surface area contributed by atoms with E-state index < -0.39 is 24.6 Å². The highest BCUT2D eigenvalue weighted by atomic mass is 79.9. The molecule has 2 rings (SSSR count). The maximum absolute atomic E-state index is 9.65. The number of hydrogen-bond donors (Lipinski definition) is 3. The van der Waals surface area contributed by atoms with Gasteiger partial charge in [-0.15, -0.1) is 0 Å². The van der Waals surface area contributed by atoms with Gasteiger partial charge in [-0.1, -0.05) is 15.9 Å². The van der Waals surface area contributed by atoms with Crippen LogP contribution >= 0.6 is 15.9 Å². The number of aliphatic hydroxyl groups is 3. The minimum atomic E-state index is -1.28. The summed E-state index contributed by atoms with van der Waals surface area (Å²) in [6.45, 7) is -0.0700. The molecule has 0 aliphatic carbocycles. The van der Waals surface area contributed by atoms with Gasteiger partial charge in [-0.05, 0) is 24.3 Å². The Bertz CT molecular complexity index is 369. The van der Waals surface area contributed by atoms with Crippen LogP contribution < -0.4 is 4.74 Å². The van der Waals surface area contributed by atoms with Crippen LogP contribution in [0.4, 0.5) is 0 Å². The molecule has 1 aliphatic heterocycles. The molecule has 6 heteroatoms. The van der Waals surface area contributed by atoms with Gasteiger partial charge in [0.1, 0.15) is 24.1 Å². The Kier molecular flexibility index (Phi) is 4.01. The number of ether oxygens (including phenoxy) is 2. The number of rotatable bonds is 2. The van der Waals surface area contributed by atoms with Crippen molar-refractivity contribution in [1.82, 2.24) is 0 Å². The molecule has 94 valence electrons. The van der Waals surface area contributed by atoms with Crippen LogP contribution in [0.3, 0.4) is 0 Å². The van der Waals surface area contributed by atoms with E-state index >= 15 is 0 Å². The lowest BCUT2D eigenvalue weighted by molar-refractivity contribution is -0.242. The Labute approximate surface area is 107 Å². The Balaban J connectivity index is 2.01. The molecule has 17 heavy (non-hydrogen) atoms. The monoisotopic (exact) mass is 304 g/mol. The van der Waals surface area contributed by atoms with E-state index in [1.165, 1.54) is 0 Å². The highest BCUT2D eigenvalue weighted by Gasteiger charge is 2.38. The van der Waals surface area contributed by atoms with Crippen molar-refractivity contribution in [2.75, 3.05) is 6.61 Å². The molecule has 0 saturated carbocycles. The van der Waals surface area contributed by atoms with Crippen molar-refractivity contribution in [2.24, 2.45) is 0 Å². The van der Waals surface area contributed by atoms with E-state index in [0.717, 1.165) is 4.47 Å². The van der Waals surface area contributed by atoms with Crippen molar-refractivity contribution in [3.63, 3.8) is 0 Å². The van der Waals surface area contributed by atoms with Gasteiger partial charge in [-0.3, -0.25) is 0 Å². The zero-order chi connectivity index (χ0) is 12.4. The smallest absolute Gasteiger partial charge is 0.228 e. The first kappa shape index (κ1) is 12.8. The highest BCUT2D eigenvalue weighted by Crippen LogP contribution is 2.22. The van der Waals surface area contributed by atoms with Crippen LogP contribution in [0.1, 0.15) is 0 Å². The first-order valence-corrected chi connectivity index (χ1v) is 5.95. The standard InChI is InChI=1S/C11H13BrO5/c12-6-1-3-7(4-2-6)17-11-10(15)9(14)8(13)5-16-11/h1-4,8-11,13-15H,5H2. The maximum Gasteiger partial charge on any atom is 0.228 e. The Hall–Kier alpha value is -0.660. The van der Waals surface area contributed by atoms with Gasteiger partial charge < -0.3 is 24.8 Å². The van der Waals surface area contributed by atoms with Crippen LogP contribution in [-0.2, 0) is 4.74 Å². The van der Waals surface area contributed by atoms with Gasteiger partial charge in [0, 0.05) is 4.47 Å². The maximum atomic E-state index is 9.65. The molecule has 4 unspecified atom stereocenters. The SMILES string of the molecule is OC1COC(Oc2ccc(Br)cc2)C(O)C1O. The molecular weight excluding hydrogens is 292 g/mol. The van der Waals surface area contributed by atoms with E-state index in [0.29, 0.717) is 5.75 Å². The lowest BCUT2D eigenvalue weighted by Crippen LogP contribution is -2.54. The van der Waals surface area contributed by atoms with E-state index in [9.17, 15) is 15.3 Å². The summed E-state index contributed by atoms with van der Waals surface area (Å²) >= 11 is 3.29. The van der Waals surface area contributed by atoms with E-state index in [2.05, 4.69) is 15.9 Å². The van der Waals surface area contributed by atoms with Crippen LogP contribution in [0, 0.1) is 0 Å². The molecule has 0 radical (unpaired) electrons. The molecular formula is C11H13BrO5. The molecule has 3 N–H and O–H groups in total. The first-order valence-electron chi connectivity index (χ1n) is 5.16. The van der Waals surface area contributed by atoms with Gasteiger partial charge >= 0.3 is 0 Å². The zero-order valence-corrected chi connectivity index (χ0v) is 10.4. The summed E-state index contributed by atoms with van der Waals surface area (Å²) in [6, 6.07) is 6.99. The summed E-state index contributed by atoms with van der Waals surface area (Å²) in [5.74, 6) is 0.515. The summed E-state index contributed by atoms with van der Waals surface area (Å²) in [6.07, 6.45) is -4.60. The van der Waals surface area contributed by atoms with Crippen molar-refractivity contribution in [1.29, 1.82) is 0 Å². The molecule has 0 amide bonds. The molecule has 1 saturated heterocycles. The molecule has 0 aromatic heterocycles. The topological polar surface area (TPSA) is 79.2 Å². The number of halogens is 1. The van der Waals surface area contributed by atoms with Gasteiger partial charge in [0.05, 0.1) is 6.61 Å². The van der Waals surface area contributed by atoms with Gasteiger partial charge in [-0.2, -0.15) is 0 Å². The second-order valence-electron chi connectivity index (χ2n) is 3.82.